The Morgan fingerprint density at radius 2 is 2.03 bits per heavy atom. The lowest BCUT2D eigenvalue weighted by atomic mass is 10.1. The number of benzene rings is 1. The van der Waals surface area contributed by atoms with Crippen molar-refractivity contribution in [2.24, 2.45) is 0 Å². The van der Waals surface area contributed by atoms with Gasteiger partial charge in [-0.05, 0) is 12.1 Å². The van der Waals surface area contributed by atoms with Gasteiger partial charge in [0.25, 0.3) is 5.91 Å². The molecular formula is C18H15F3N2O6. The third kappa shape index (κ3) is 3.94. The van der Waals surface area contributed by atoms with Crippen LogP contribution in [-0.2, 0) is 20.5 Å². The number of nitrogens with zero attached hydrogens (tertiary/aromatic N) is 1. The summed E-state index contributed by atoms with van der Waals surface area (Å²) in [5.41, 5.74) is -2.68. The number of β-amino-alcohol motifs (C(OH)–C–C–N with tert-alkyl or cyclic N) is 1. The average molecular weight is 412 g/mol. The Morgan fingerprint density at radius 3 is 2.66 bits per heavy atom. The number of aliphatic hydroxyl groups excluding tert-OH is 1. The van der Waals surface area contributed by atoms with Crippen LogP contribution in [-0.4, -0.2) is 48.7 Å². The zero-order valence-corrected chi connectivity index (χ0v) is 15.0. The molecular weight excluding hydrogens is 397 g/mol. The molecule has 8 nitrogen and oxygen atoms in total. The van der Waals surface area contributed by atoms with E-state index >= 15 is 0 Å². The molecule has 11 heteroatoms. The largest absolute Gasteiger partial charge is 0.466 e. The van der Waals surface area contributed by atoms with Crippen molar-refractivity contribution in [1.29, 1.82) is 0 Å². The van der Waals surface area contributed by atoms with Crippen LogP contribution < -0.4 is 10.9 Å². The average Bonchev–Trinajstić information content (AvgIpc) is 2.96. The summed E-state index contributed by atoms with van der Waals surface area (Å²) in [7, 11) is 1.13. The third-order valence-electron chi connectivity index (χ3n) is 4.27. The van der Waals surface area contributed by atoms with Crippen molar-refractivity contribution in [2.75, 3.05) is 32.1 Å². The van der Waals surface area contributed by atoms with Gasteiger partial charge in [0.2, 0.25) is 0 Å². The molecule has 0 spiro atoms. The fourth-order valence-electron chi connectivity index (χ4n) is 2.97. The quantitative estimate of drug-likeness (QED) is 0.566. The van der Waals surface area contributed by atoms with Gasteiger partial charge in [0.05, 0.1) is 31.4 Å². The summed E-state index contributed by atoms with van der Waals surface area (Å²) in [6.45, 7) is -0.448. The van der Waals surface area contributed by atoms with Crippen LogP contribution in [0.4, 0.5) is 18.9 Å². The minimum Gasteiger partial charge on any atom is -0.466 e. The molecule has 2 N–H and O–H groups in total. The van der Waals surface area contributed by atoms with Crippen molar-refractivity contribution in [3.63, 3.8) is 0 Å². The van der Waals surface area contributed by atoms with Crippen LogP contribution in [0.5, 0.6) is 0 Å². The summed E-state index contributed by atoms with van der Waals surface area (Å²) in [6.07, 6.45) is -4.75. The zero-order chi connectivity index (χ0) is 21.3. The highest BCUT2D eigenvalue weighted by Gasteiger charge is 2.35. The fourth-order valence-corrected chi connectivity index (χ4v) is 2.97. The van der Waals surface area contributed by atoms with Crippen molar-refractivity contribution in [1.82, 2.24) is 4.90 Å². The smallest absolute Gasteiger partial charge is 0.417 e. The normalized spacial score (nSPS) is 14.7. The highest BCUT2D eigenvalue weighted by Crippen LogP contribution is 2.35. The number of aliphatic hydroxyl groups is 1. The Morgan fingerprint density at radius 1 is 1.31 bits per heavy atom. The van der Waals surface area contributed by atoms with Gasteiger partial charge in [-0.15, -0.1) is 0 Å². The number of amides is 1. The van der Waals surface area contributed by atoms with Crippen molar-refractivity contribution >= 4 is 28.5 Å². The highest BCUT2D eigenvalue weighted by molar-refractivity contribution is 6.08. The third-order valence-corrected chi connectivity index (χ3v) is 4.27. The Balaban J connectivity index is 2.03. The maximum Gasteiger partial charge on any atom is 0.417 e. The van der Waals surface area contributed by atoms with E-state index in [9.17, 15) is 27.6 Å². The van der Waals surface area contributed by atoms with Crippen molar-refractivity contribution in [3.05, 3.63) is 51.5 Å². The van der Waals surface area contributed by atoms with Crippen LogP contribution in [0, 0.1) is 0 Å². The number of fused-ring (bicyclic) bond motifs is 1. The molecule has 0 aliphatic carbocycles. The maximum absolute atomic E-state index is 13.1. The Bertz CT molecular complexity index is 1070. The molecule has 3 rings (SSSR count). The van der Waals surface area contributed by atoms with E-state index < -0.39 is 29.2 Å². The van der Waals surface area contributed by atoms with Crippen molar-refractivity contribution in [2.45, 2.75) is 6.18 Å². The lowest BCUT2D eigenvalue weighted by Gasteiger charge is -2.15. The molecule has 0 bridgehead atoms. The van der Waals surface area contributed by atoms with Gasteiger partial charge in [-0.2, -0.15) is 13.2 Å². The van der Waals surface area contributed by atoms with E-state index in [1.807, 2.05) is 0 Å². The molecule has 1 aliphatic heterocycles. The second-order valence-corrected chi connectivity index (χ2v) is 6.11. The number of carbonyl (C=O) groups excluding carboxylic acids is 2. The summed E-state index contributed by atoms with van der Waals surface area (Å²) in [6, 6.07) is 3.82. The van der Waals surface area contributed by atoms with Gasteiger partial charge in [0.1, 0.15) is 11.3 Å². The summed E-state index contributed by atoms with van der Waals surface area (Å²) < 4.78 is 48.9. The molecule has 0 radical (unpaired) electrons. The molecule has 0 unspecified atom stereocenters. The zero-order valence-electron chi connectivity index (χ0n) is 15.0. The molecule has 2 aromatic rings. The number of halogens is 3. The fraction of sp³-hybridized carbons (Fsp3) is 0.278. The molecule has 2 heterocycles. The minimum absolute atomic E-state index is 0.00320. The topological polar surface area (TPSA) is 109 Å². The van der Waals surface area contributed by atoms with Crippen LogP contribution >= 0.6 is 0 Å². The Kier molecular flexibility index (Phi) is 5.33. The predicted molar refractivity (Wildman–Crippen MR) is 93.8 cm³/mol. The molecule has 1 aliphatic rings. The van der Waals surface area contributed by atoms with Gasteiger partial charge in [0.15, 0.2) is 0 Å². The second kappa shape index (κ2) is 7.59. The molecule has 0 saturated carbocycles. The SMILES string of the molecule is COC(=O)C1=C(Nc2ccc3c(C(F)(F)F)cc(=O)oc3c2)C(=O)N(CCO)C1. The van der Waals surface area contributed by atoms with Crippen molar-refractivity contribution in [3.8, 4) is 0 Å². The first-order valence-corrected chi connectivity index (χ1v) is 8.29. The van der Waals surface area contributed by atoms with E-state index in [4.69, 9.17) is 9.52 Å². The van der Waals surface area contributed by atoms with E-state index in [1.54, 1.807) is 0 Å². The van der Waals surface area contributed by atoms with Crippen LogP contribution in [0.25, 0.3) is 11.0 Å². The molecule has 1 aromatic heterocycles. The van der Waals surface area contributed by atoms with Crippen molar-refractivity contribution < 1.29 is 37.0 Å². The van der Waals surface area contributed by atoms with E-state index in [2.05, 4.69) is 10.1 Å². The maximum atomic E-state index is 13.1. The van der Waals surface area contributed by atoms with Gasteiger partial charge >= 0.3 is 17.8 Å². The number of ether oxygens (including phenoxy) is 1. The van der Waals surface area contributed by atoms with Crippen LogP contribution in [0.15, 0.2) is 44.7 Å². The molecule has 0 atom stereocenters. The van der Waals surface area contributed by atoms with Crippen LogP contribution in [0.3, 0.4) is 0 Å². The lowest BCUT2D eigenvalue weighted by molar-refractivity contribution is -0.137. The van der Waals surface area contributed by atoms with Gasteiger partial charge in [-0.25, -0.2) is 9.59 Å². The van der Waals surface area contributed by atoms with E-state index in [-0.39, 0.29) is 47.6 Å². The van der Waals surface area contributed by atoms with E-state index in [0.29, 0.717) is 6.07 Å². The number of esters is 1. The number of nitrogens with one attached hydrogen (secondary N) is 1. The number of hydrogen-bond donors (Lipinski definition) is 2. The first-order chi connectivity index (χ1) is 13.7. The lowest BCUT2D eigenvalue weighted by Crippen LogP contribution is -2.31. The first-order valence-electron chi connectivity index (χ1n) is 8.29. The molecule has 1 amide bonds. The van der Waals surface area contributed by atoms with Gasteiger partial charge in [0, 0.05) is 29.8 Å². The number of carbonyl (C=O) groups is 2. The predicted octanol–water partition coefficient (Wildman–Crippen LogP) is 1.49. The standard InChI is InChI=1S/C18H15F3N2O6/c1-28-17(27)11-8-23(4-5-24)16(26)15(11)22-9-2-3-10-12(18(19,20)21)7-14(25)29-13(10)6-9/h2-3,6-7,22,24H,4-5,8H2,1H3. The molecule has 0 fully saturated rings. The number of hydrogen-bond acceptors (Lipinski definition) is 7. The number of rotatable bonds is 5. The summed E-state index contributed by atoms with van der Waals surface area (Å²) in [5.74, 6) is -1.36. The van der Waals surface area contributed by atoms with Gasteiger partial charge in [-0.1, -0.05) is 0 Å². The Labute approximate surface area is 161 Å². The second-order valence-electron chi connectivity index (χ2n) is 6.11. The van der Waals surface area contributed by atoms with Crippen LogP contribution in [0.2, 0.25) is 0 Å². The first kappa shape index (κ1) is 20.4. The van der Waals surface area contributed by atoms with Crippen LogP contribution in [0.1, 0.15) is 5.56 Å². The molecule has 1 aromatic carbocycles. The summed E-state index contributed by atoms with van der Waals surface area (Å²) in [5, 5.41) is 11.4. The minimum atomic E-state index is -4.75. The highest BCUT2D eigenvalue weighted by atomic mass is 19.4. The van der Waals surface area contributed by atoms with E-state index in [0.717, 1.165) is 19.2 Å². The van der Waals surface area contributed by atoms with E-state index in [1.165, 1.54) is 11.0 Å². The molecule has 0 saturated heterocycles. The number of anilines is 1. The van der Waals surface area contributed by atoms with Gasteiger partial charge in [-0.3, -0.25) is 4.79 Å². The molecule has 154 valence electrons. The monoisotopic (exact) mass is 412 g/mol. The summed E-state index contributed by atoms with van der Waals surface area (Å²) in [4.78, 5) is 37.2. The molecule has 29 heavy (non-hydrogen) atoms. The number of alkyl halides is 3. The number of methoxy groups -OCH3 is 1. The Hall–Kier alpha value is -3.34. The summed E-state index contributed by atoms with van der Waals surface area (Å²) >= 11 is 0. The van der Waals surface area contributed by atoms with Gasteiger partial charge < -0.3 is 24.5 Å².